The lowest BCUT2D eigenvalue weighted by Crippen LogP contribution is -2.27. The average Bonchev–Trinajstić information content (AvgIpc) is 2.05. The highest BCUT2D eigenvalue weighted by atomic mass is 19.1. The van der Waals surface area contributed by atoms with Crippen molar-refractivity contribution in [1.29, 1.82) is 0 Å². The fourth-order valence-electron chi connectivity index (χ4n) is 0.965. The number of hydrogen-bond acceptors (Lipinski definition) is 2. The highest BCUT2D eigenvalue weighted by molar-refractivity contribution is 5.66. The fraction of sp³-hybridized carbons (Fsp3) is 0.875. The monoisotopic (exact) mass is 177 g/mol. The van der Waals surface area contributed by atoms with Crippen LogP contribution in [-0.4, -0.2) is 42.3 Å². The largest absolute Gasteiger partial charge is 0.481 e. The third kappa shape index (κ3) is 6.09. The Balaban J connectivity index is 3.45. The maximum atomic E-state index is 11.7. The molecule has 0 aromatic carbocycles. The smallest absolute Gasteiger partial charge is 0.304 e. The standard InChI is InChI=1S/C8H16FNO2/c1-2-10(6-3-5-9)7-4-8(11)12/h2-7H2,1H3,(H,11,12). The van der Waals surface area contributed by atoms with Crippen LogP contribution in [0.15, 0.2) is 0 Å². The van der Waals surface area contributed by atoms with Crippen LogP contribution in [0.3, 0.4) is 0 Å². The molecule has 0 amide bonds. The number of carboxylic acid groups (broad SMARTS) is 1. The molecule has 0 spiro atoms. The van der Waals surface area contributed by atoms with Crippen molar-refractivity contribution in [3.63, 3.8) is 0 Å². The Kier molecular flexibility index (Phi) is 6.66. The molecule has 0 aromatic heterocycles. The molecule has 72 valence electrons. The lowest BCUT2D eigenvalue weighted by atomic mass is 10.3. The Morgan fingerprint density at radius 3 is 2.58 bits per heavy atom. The minimum atomic E-state index is -0.798. The van der Waals surface area contributed by atoms with Crippen LogP contribution in [-0.2, 0) is 4.79 Å². The van der Waals surface area contributed by atoms with Crippen molar-refractivity contribution in [1.82, 2.24) is 4.90 Å². The second kappa shape index (κ2) is 7.03. The summed E-state index contributed by atoms with van der Waals surface area (Å²) < 4.78 is 11.7. The zero-order chi connectivity index (χ0) is 9.40. The van der Waals surface area contributed by atoms with Gasteiger partial charge in [0.05, 0.1) is 13.1 Å². The molecule has 0 aliphatic rings. The predicted molar refractivity (Wildman–Crippen MR) is 45.0 cm³/mol. The molecule has 4 heteroatoms. The van der Waals surface area contributed by atoms with Crippen LogP contribution in [0.25, 0.3) is 0 Å². The zero-order valence-corrected chi connectivity index (χ0v) is 7.42. The number of nitrogens with zero attached hydrogens (tertiary/aromatic N) is 1. The number of carboxylic acids is 1. The van der Waals surface area contributed by atoms with Gasteiger partial charge in [-0.2, -0.15) is 0 Å². The summed E-state index contributed by atoms with van der Waals surface area (Å²) >= 11 is 0. The van der Waals surface area contributed by atoms with Crippen molar-refractivity contribution in [2.75, 3.05) is 26.3 Å². The van der Waals surface area contributed by atoms with Gasteiger partial charge < -0.3 is 10.0 Å². The number of carbonyl (C=O) groups is 1. The van der Waals surface area contributed by atoms with Crippen LogP contribution in [0, 0.1) is 0 Å². The van der Waals surface area contributed by atoms with Crippen molar-refractivity contribution in [2.24, 2.45) is 0 Å². The van der Waals surface area contributed by atoms with Gasteiger partial charge in [0.1, 0.15) is 0 Å². The highest BCUT2D eigenvalue weighted by Crippen LogP contribution is 1.94. The molecule has 0 heterocycles. The summed E-state index contributed by atoms with van der Waals surface area (Å²) in [6, 6.07) is 0. The Morgan fingerprint density at radius 2 is 2.17 bits per heavy atom. The van der Waals surface area contributed by atoms with Gasteiger partial charge in [0.15, 0.2) is 0 Å². The maximum absolute atomic E-state index is 11.7. The first-order valence-corrected chi connectivity index (χ1v) is 4.20. The van der Waals surface area contributed by atoms with Gasteiger partial charge in [-0.05, 0) is 13.0 Å². The van der Waals surface area contributed by atoms with Gasteiger partial charge in [-0.15, -0.1) is 0 Å². The Morgan fingerprint density at radius 1 is 1.50 bits per heavy atom. The van der Waals surface area contributed by atoms with Crippen LogP contribution in [0.5, 0.6) is 0 Å². The predicted octanol–water partition coefficient (Wildman–Crippen LogP) is 1.14. The summed E-state index contributed by atoms with van der Waals surface area (Å²) in [7, 11) is 0. The number of rotatable bonds is 7. The van der Waals surface area contributed by atoms with Crippen LogP contribution in [0.4, 0.5) is 4.39 Å². The third-order valence-corrected chi connectivity index (χ3v) is 1.70. The molecule has 0 saturated heterocycles. The second-order valence-electron chi connectivity index (χ2n) is 2.62. The van der Waals surface area contributed by atoms with E-state index in [-0.39, 0.29) is 13.1 Å². The number of hydrogen-bond donors (Lipinski definition) is 1. The first-order chi connectivity index (χ1) is 5.70. The molecule has 0 atom stereocenters. The molecule has 0 aromatic rings. The van der Waals surface area contributed by atoms with Crippen LogP contribution in [0.2, 0.25) is 0 Å². The number of halogens is 1. The van der Waals surface area contributed by atoms with E-state index in [1.54, 1.807) is 0 Å². The molecule has 0 aliphatic carbocycles. The molecule has 0 aliphatic heterocycles. The first-order valence-electron chi connectivity index (χ1n) is 4.20. The third-order valence-electron chi connectivity index (χ3n) is 1.70. The molecule has 0 rings (SSSR count). The lowest BCUT2D eigenvalue weighted by molar-refractivity contribution is -0.137. The normalized spacial score (nSPS) is 10.6. The van der Waals surface area contributed by atoms with E-state index < -0.39 is 5.97 Å². The van der Waals surface area contributed by atoms with Crippen molar-refractivity contribution < 1.29 is 14.3 Å². The van der Waals surface area contributed by atoms with Crippen molar-refractivity contribution in [2.45, 2.75) is 19.8 Å². The minimum Gasteiger partial charge on any atom is -0.481 e. The number of aliphatic carboxylic acids is 1. The molecule has 12 heavy (non-hydrogen) atoms. The van der Waals surface area contributed by atoms with Gasteiger partial charge in [0, 0.05) is 13.1 Å². The average molecular weight is 177 g/mol. The van der Waals surface area contributed by atoms with Gasteiger partial charge in [0.2, 0.25) is 0 Å². The highest BCUT2D eigenvalue weighted by Gasteiger charge is 2.04. The quantitative estimate of drug-likeness (QED) is 0.634. The van der Waals surface area contributed by atoms with Gasteiger partial charge in [0.25, 0.3) is 0 Å². The van der Waals surface area contributed by atoms with Gasteiger partial charge in [-0.1, -0.05) is 6.92 Å². The number of alkyl halides is 1. The van der Waals surface area contributed by atoms with Crippen molar-refractivity contribution in [3.8, 4) is 0 Å². The molecule has 0 unspecified atom stereocenters. The van der Waals surface area contributed by atoms with E-state index in [4.69, 9.17) is 5.11 Å². The van der Waals surface area contributed by atoms with E-state index in [0.717, 1.165) is 6.54 Å². The summed E-state index contributed by atoms with van der Waals surface area (Å²) in [6.07, 6.45) is 0.633. The summed E-state index contributed by atoms with van der Waals surface area (Å²) in [5.41, 5.74) is 0. The summed E-state index contributed by atoms with van der Waals surface area (Å²) in [4.78, 5) is 12.1. The Labute approximate surface area is 72.2 Å². The van der Waals surface area contributed by atoms with Gasteiger partial charge >= 0.3 is 5.97 Å². The first kappa shape index (κ1) is 11.4. The second-order valence-corrected chi connectivity index (χ2v) is 2.62. The topological polar surface area (TPSA) is 40.5 Å². The van der Waals surface area contributed by atoms with Crippen molar-refractivity contribution >= 4 is 5.97 Å². The molecule has 3 nitrogen and oxygen atoms in total. The lowest BCUT2D eigenvalue weighted by Gasteiger charge is -2.17. The van der Waals surface area contributed by atoms with Crippen LogP contribution >= 0.6 is 0 Å². The molecular weight excluding hydrogens is 161 g/mol. The molecule has 0 fully saturated rings. The van der Waals surface area contributed by atoms with E-state index in [0.29, 0.717) is 19.5 Å². The summed E-state index contributed by atoms with van der Waals surface area (Å²) in [6.45, 7) is 3.57. The van der Waals surface area contributed by atoms with E-state index in [1.165, 1.54) is 0 Å². The van der Waals surface area contributed by atoms with E-state index in [1.807, 2.05) is 11.8 Å². The SMILES string of the molecule is CCN(CCCF)CCC(=O)O. The van der Waals surface area contributed by atoms with Crippen molar-refractivity contribution in [3.05, 3.63) is 0 Å². The molecule has 0 radical (unpaired) electrons. The molecule has 0 saturated carbocycles. The van der Waals surface area contributed by atoms with Gasteiger partial charge in [-0.3, -0.25) is 9.18 Å². The Hall–Kier alpha value is -0.640. The van der Waals surface area contributed by atoms with E-state index in [2.05, 4.69) is 0 Å². The van der Waals surface area contributed by atoms with Crippen LogP contribution in [0.1, 0.15) is 19.8 Å². The van der Waals surface area contributed by atoms with Gasteiger partial charge in [-0.25, -0.2) is 0 Å². The Bertz CT molecular complexity index is 130. The minimum absolute atomic E-state index is 0.139. The van der Waals surface area contributed by atoms with E-state index >= 15 is 0 Å². The summed E-state index contributed by atoms with van der Waals surface area (Å²) in [5.74, 6) is -0.798. The molecule has 1 N–H and O–H groups in total. The molecule has 0 bridgehead atoms. The fourth-order valence-corrected chi connectivity index (χ4v) is 0.965. The summed E-state index contributed by atoms with van der Waals surface area (Å²) in [5, 5.41) is 8.38. The maximum Gasteiger partial charge on any atom is 0.304 e. The molecular formula is C8H16FNO2. The van der Waals surface area contributed by atoms with Crippen LogP contribution < -0.4 is 0 Å². The zero-order valence-electron chi connectivity index (χ0n) is 7.42. The van der Waals surface area contributed by atoms with E-state index in [9.17, 15) is 9.18 Å².